The average molecular weight is 587 g/mol. The molecule has 214 valence electrons. The summed E-state index contributed by atoms with van der Waals surface area (Å²) >= 11 is 6.56. The van der Waals surface area contributed by atoms with Crippen LogP contribution in [0.3, 0.4) is 0 Å². The molecule has 2 aromatic carbocycles. The van der Waals surface area contributed by atoms with Gasteiger partial charge < -0.3 is 5.32 Å². The Morgan fingerprint density at radius 1 is 1.12 bits per heavy atom. The number of halogens is 2. The SMILES string of the molecule is Cc1cncc(-n2c(=O)nc(Nc3cc4cn(C)nc4cc3Cl)n(Cc3cc(C#N)c(F)cc3CCC(C)C)c2=O)c1. The van der Waals surface area contributed by atoms with Crippen LogP contribution in [-0.2, 0) is 20.0 Å². The summed E-state index contributed by atoms with van der Waals surface area (Å²) in [7, 11) is 1.79. The van der Waals surface area contributed by atoms with Gasteiger partial charge in [-0.2, -0.15) is 15.3 Å². The van der Waals surface area contributed by atoms with Gasteiger partial charge in [-0.1, -0.05) is 25.4 Å². The first-order valence-corrected chi connectivity index (χ1v) is 13.7. The molecular formula is C30H28ClFN8O2. The summed E-state index contributed by atoms with van der Waals surface area (Å²) in [6.45, 7) is 5.82. The predicted molar refractivity (Wildman–Crippen MR) is 159 cm³/mol. The molecule has 3 aromatic heterocycles. The molecule has 0 saturated carbocycles. The molecule has 42 heavy (non-hydrogen) atoms. The number of aromatic nitrogens is 6. The standard InChI is InChI=1S/C30H28ClFN8O2/c1-17(2)5-6-19-9-25(32)20(12-33)8-21(19)16-39-28(35-27-10-22-15-38(4)37-26(22)11-24(27)31)36-29(41)40(30(39)42)23-7-18(3)13-34-14-23/h7-11,13-15,17H,5-6,16H2,1-4H3,(H,35,36,41). The smallest absolute Gasteiger partial charge is 0.324 e. The van der Waals surface area contributed by atoms with E-state index >= 15 is 0 Å². The van der Waals surface area contributed by atoms with Crippen LogP contribution in [0.1, 0.15) is 42.5 Å². The molecule has 5 rings (SSSR count). The van der Waals surface area contributed by atoms with E-state index in [0.29, 0.717) is 39.7 Å². The van der Waals surface area contributed by atoms with E-state index in [-0.39, 0.29) is 23.7 Å². The lowest BCUT2D eigenvalue weighted by atomic mass is 9.96. The van der Waals surface area contributed by atoms with Gasteiger partial charge in [0, 0.05) is 24.8 Å². The van der Waals surface area contributed by atoms with Crippen LogP contribution in [0.2, 0.25) is 5.02 Å². The van der Waals surface area contributed by atoms with Crippen LogP contribution < -0.4 is 16.7 Å². The maximum absolute atomic E-state index is 14.7. The van der Waals surface area contributed by atoms with E-state index in [4.69, 9.17) is 11.6 Å². The fraction of sp³-hybridized carbons (Fsp3) is 0.267. The first-order valence-electron chi connectivity index (χ1n) is 13.3. The third-order valence-electron chi connectivity index (χ3n) is 6.87. The van der Waals surface area contributed by atoms with Gasteiger partial charge in [-0.3, -0.25) is 14.2 Å². The molecule has 0 aliphatic heterocycles. The summed E-state index contributed by atoms with van der Waals surface area (Å²) in [5.74, 6) is -0.348. The molecule has 0 amide bonds. The average Bonchev–Trinajstić information content (AvgIpc) is 3.29. The quantitative estimate of drug-likeness (QED) is 0.270. The van der Waals surface area contributed by atoms with Gasteiger partial charge in [-0.15, -0.1) is 0 Å². The Morgan fingerprint density at radius 3 is 2.62 bits per heavy atom. The molecule has 1 N–H and O–H groups in total. The molecular weight excluding hydrogens is 559 g/mol. The summed E-state index contributed by atoms with van der Waals surface area (Å²) in [6, 6.07) is 9.74. The van der Waals surface area contributed by atoms with Crippen molar-refractivity contribution < 1.29 is 4.39 Å². The molecule has 5 aromatic rings. The van der Waals surface area contributed by atoms with Crippen molar-refractivity contribution >= 4 is 34.1 Å². The minimum Gasteiger partial charge on any atom is -0.324 e. The largest absolute Gasteiger partial charge is 0.359 e. The van der Waals surface area contributed by atoms with E-state index in [1.165, 1.54) is 22.9 Å². The molecule has 0 unspecified atom stereocenters. The molecule has 12 heteroatoms. The number of fused-ring (bicyclic) bond motifs is 1. The molecule has 0 fully saturated rings. The van der Waals surface area contributed by atoms with Crippen molar-refractivity contribution in [1.82, 2.24) is 28.9 Å². The Morgan fingerprint density at radius 2 is 1.90 bits per heavy atom. The van der Waals surface area contributed by atoms with Gasteiger partial charge in [0.2, 0.25) is 5.95 Å². The highest BCUT2D eigenvalue weighted by atomic mass is 35.5. The number of rotatable bonds is 8. The molecule has 0 bridgehead atoms. The second-order valence-electron chi connectivity index (χ2n) is 10.6. The molecule has 0 atom stereocenters. The van der Waals surface area contributed by atoms with E-state index in [1.54, 1.807) is 43.0 Å². The molecule has 0 radical (unpaired) electrons. The number of aryl methyl sites for hydroxylation is 3. The predicted octanol–water partition coefficient (Wildman–Crippen LogP) is 5.03. The zero-order valence-corrected chi connectivity index (χ0v) is 24.3. The number of nitrogens with one attached hydrogen (secondary N) is 1. The summed E-state index contributed by atoms with van der Waals surface area (Å²) in [5.41, 5.74) is 1.64. The number of anilines is 2. The molecule has 3 heterocycles. The van der Waals surface area contributed by atoms with Gasteiger partial charge in [0.25, 0.3) is 0 Å². The summed E-state index contributed by atoms with van der Waals surface area (Å²) in [4.78, 5) is 35.7. The lowest BCUT2D eigenvalue weighted by molar-refractivity contribution is 0.574. The van der Waals surface area contributed by atoms with Crippen LogP contribution in [0.15, 0.2) is 58.5 Å². The van der Waals surface area contributed by atoms with Crippen molar-refractivity contribution in [3.05, 3.63) is 103 Å². The summed E-state index contributed by atoms with van der Waals surface area (Å²) < 4.78 is 18.6. The molecule has 0 saturated heterocycles. The van der Waals surface area contributed by atoms with E-state index in [1.807, 2.05) is 12.3 Å². The van der Waals surface area contributed by atoms with Crippen LogP contribution in [0.5, 0.6) is 0 Å². The molecule has 0 aliphatic carbocycles. The van der Waals surface area contributed by atoms with E-state index in [2.05, 4.69) is 34.2 Å². The lowest BCUT2D eigenvalue weighted by Crippen LogP contribution is -2.42. The number of hydrogen-bond donors (Lipinski definition) is 1. The highest BCUT2D eigenvalue weighted by molar-refractivity contribution is 6.34. The Labute approximate surface area is 245 Å². The molecule has 0 spiro atoms. The van der Waals surface area contributed by atoms with Crippen LogP contribution in [0.4, 0.5) is 16.0 Å². The fourth-order valence-corrected chi connectivity index (χ4v) is 4.94. The van der Waals surface area contributed by atoms with Gasteiger partial charge in [-0.25, -0.2) is 18.5 Å². The van der Waals surface area contributed by atoms with Crippen LogP contribution >= 0.6 is 11.6 Å². The van der Waals surface area contributed by atoms with Crippen molar-refractivity contribution in [3.63, 3.8) is 0 Å². The number of nitrogens with zero attached hydrogens (tertiary/aromatic N) is 7. The maximum Gasteiger partial charge on any atom is 0.359 e. The first-order chi connectivity index (χ1) is 20.0. The number of nitriles is 1. The highest BCUT2D eigenvalue weighted by Gasteiger charge is 2.20. The zero-order valence-electron chi connectivity index (χ0n) is 23.5. The van der Waals surface area contributed by atoms with Gasteiger partial charge in [0.05, 0.1) is 40.2 Å². The Balaban J connectivity index is 1.70. The third-order valence-corrected chi connectivity index (χ3v) is 7.19. The summed E-state index contributed by atoms with van der Waals surface area (Å²) in [5, 5.41) is 18.0. The molecule has 0 aliphatic rings. The van der Waals surface area contributed by atoms with E-state index < -0.39 is 17.2 Å². The van der Waals surface area contributed by atoms with Crippen molar-refractivity contribution in [3.8, 4) is 11.8 Å². The minimum atomic E-state index is -0.818. The number of hydrogen-bond acceptors (Lipinski definition) is 7. The monoisotopic (exact) mass is 586 g/mol. The Bertz CT molecular complexity index is 1990. The Kier molecular flexibility index (Phi) is 7.91. The minimum absolute atomic E-state index is 0.0651. The van der Waals surface area contributed by atoms with Crippen molar-refractivity contribution in [2.45, 2.75) is 40.2 Å². The van der Waals surface area contributed by atoms with E-state index in [9.17, 15) is 19.2 Å². The van der Waals surface area contributed by atoms with Gasteiger partial charge in [-0.05, 0) is 72.7 Å². The number of benzene rings is 2. The van der Waals surface area contributed by atoms with Crippen LogP contribution in [0.25, 0.3) is 16.6 Å². The number of pyridine rings is 1. The Hall–Kier alpha value is -4.82. The lowest BCUT2D eigenvalue weighted by Gasteiger charge is -2.18. The summed E-state index contributed by atoms with van der Waals surface area (Å²) in [6.07, 6.45) is 6.12. The van der Waals surface area contributed by atoms with Crippen molar-refractivity contribution in [2.75, 3.05) is 5.32 Å². The highest BCUT2D eigenvalue weighted by Crippen LogP contribution is 2.30. The maximum atomic E-state index is 14.7. The molecule has 10 nitrogen and oxygen atoms in total. The topological polar surface area (TPSA) is 123 Å². The van der Waals surface area contributed by atoms with Crippen LogP contribution in [-0.4, -0.2) is 28.9 Å². The fourth-order valence-electron chi connectivity index (χ4n) is 4.74. The third kappa shape index (κ3) is 5.80. The first kappa shape index (κ1) is 28.7. The van der Waals surface area contributed by atoms with Gasteiger partial charge in [0.15, 0.2) is 0 Å². The van der Waals surface area contributed by atoms with Gasteiger partial charge >= 0.3 is 11.4 Å². The normalized spacial score (nSPS) is 11.3. The second-order valence-corrected chi connectivity index (χ2v) is 11.0. The van der Waals surface area contributed by atoms with Crippen molar-refractivity contribution in [2.24, 2.45) is 13.0 Å². The zero-order chi connectivity index (χ0) is 30.1. The van der Waals surface area contributed by atoms with Crippen LogP contribution in [0, 0.1) is 30.0 Å². The second kappa shape index (κ2) is 11.6. The van der Waals surface area contributed by atoms with E-state index in [0.717, 1.165) is 21.9 Å². The van der Waals surface area contributed by atoms with Gasteiger partial charge in [0.1, 0.15) is 11.9 Å². The van der Waals surface area contributed by atoms with Crippen molar-refractivity contribution in [1.29, 1.82) is 5.26 Å².